The number of nitrogens with zero attached hydrogens (tertiary/aromatic N) is 1. The number of aryl methyl sites for hydroxylation is 1. The number of sulfonamides is 1. The van der Waals surface area contributed by atoms with Gasteiger partial charge in [-0.2, -0.15) is 0 Å². The average Bonchev–Trinajstić information content (AvgIpc) is 2.82. The monoisotopic (exact) mass is 480 g/mol. The van der Waals surface area contributed by atoms with Crippen molar-refractivity contribution in [2.45, 2.75) is 44.6 Å². The fraction of sp³-hybridized carbons (Fsp3) is 0.296. The van der Waals surface area contributed by atoms with E-state index in [-0.39, 0.29) is 17.5 Å². The fourth-order valence-electron chi connectivity index (χ4n) is 3.57. The molecule has 0 heterocycles. The Bertz CT molecular complexity index is 1200. The van der Waals surface area contributed by atoms with Crippen molar-refractivity contribution < 1.29 is 17.9 Å². The van der Waals surface area contributed by atoms with Crippen LogP contribution in [0.1, 0.15) is 49.4 Å². The van der Waals surface area contributed by atoms with Crippen LogP contribution in [0.2, 0.25) is 0 Å². The van der Waals surface area contributed by atoms with Crippen LogP contribution < -0.4 is 14.4 Å². The molecule has 0 unspecified atom stereocenters. The predicted molar refractivity (Wildman–Crippen MR) is 136 cm³/mol. The summed E-state index contributed by atoms with van der Waals surface area (Å²) in [6.45, 7) is 7.56. The molecule has 0 spiro atoms. The number of carbonyl (C=O) groups excluding carboxylic acids is 1. The van der Waals surface area contributed by atoms with Gasteiger partial charge < -0.3 is 10.1 Å². The first-order chi connectivity index (χ1) is 16.1. The van der Waals surface area contributed by atoms with Crippen LogP contribution in [0.25, 0.3) is 0 Å². The molecule has 0 saturated carbocycles. The van der Waals surface area contributed by atoms with Crippen LogP contribution in [0, 0.1) is 6.92 Å². The van der Waals surface area contributed by atoms with Crippen LogP contribution in [0.5, 0.6) is 5.75 Å². The highest BCUT2D eigenvalue weighted by atomic mass is 32.2. The second-order valence-corrected chi connectivity index (χ2v) is 10.5. The molecule has 0 aromatic heterocycles. The van der Waals surface area contributed by atoms with Crippen LogP contribution >= 0.6 is 0 Å². The highest BCUT2D eigenvalue weighted by Gasteiger charge is 2.27. The summed E-state index contributed by atoms with van der Waals surface area (Å²) < 4.78 is 33.5. The molecule has 0 aliphatic rings. The molecule has 180 valence electrons. The molecule has 3 aromatic rings. The first-order valence-corrected chi connectivity index (χ1v) is 12.7. The third-order valence-electron chi connectivity index (χ3n) is 5.74. The van der Waals surface area contributed by atoms with E-state index in [1.807, 2.05) is 50.2 Å². The van der Waals surface area contributed by atoms with Crippen LogP contribution in [-0.2, 0) is 14.8 Å². The number of rotatable bonds is 9. The van der Waals surface area contributed by atoms with Crippen LogP contribution in [0.4, 0.5) is 5.69 Å². The lowest BCUT2D eigenvalue weighted by Crippen LogP contribution is -2.41. The summed E-state index contributed by atoms with van der Waals surface area (Å²) in [7, 11) is -2.36. The van der Waals surface area contributed by atoms with Crippen LogP contribution in [0.3, 0.4) is 0 Å². The average molecular weight is 481 g/mol. The SMILES string of the molecule is COc1ccc([C@H](C)NC(=O)CN(c2ccc(C(C)C)cc2)S(=O)(=O)c2ccc(C)cc2)cc1. The Morgan fingerprint density at radius 1 is 0.882 bits per heavy atom. The molecule has 0 aliphatic carbocycles. The lowest BCUT2D eigenvalue weighted by atomic mass is 10.0. The summed E-state index contributed by atoms with van der Waals surface area (Å²) >= 11 is 0. The van der Waals surface area contributed by atoms with E-state index in [2.05, 4.69) is 19.2 Å². The number of benzene rings is 3. The number of nitrogens with one attached hydrogen (secondary N) is 1. The van der Waals surface area contributed by atoms with Gasteiger partial charge in [-0.15, -0.1) is 0 Å². The fourth-order valence-corrected chi connectivity index (χ4v) is 4.99. The van der Waals surface area contributed by atoms with Gasteiger partial charge in [0.25, 0.3) is 10.0 Å². The Balaban J connectivity index is 1.88. The molecule has 7 heteroatoms. The Kier molecular flexibility index (Phi) is 7.99. The van der Waals surface area contributed by atoms with Crippen molar-refractivity contribution in [3.8, 4) is 5.75 Å². The molecule has 0 radical (unpaired) electrons. The number of amides is 1. The highest BCUT2D eigenvalue weighted by molar-refractivity contribution is 7.92. The normalized spacial score (nSPS) is 12.3. The van der Waals surface area contributed by atoms with Crippen molar-refractivity contribution in [3.63, 3.8) is 0 Å². The molecule has 1 amide bonds. The maximum absolute atomic E-state index is 13.6. The zero-order valence-corrected chi connectivity index (χ0v) is 21.1. The topological polar surface area (TPSA) is 75.7 Å². The van der Waals surface area contributed by atoms with Gasteiger partial charge in [-0.3, -0.25) is 9.10 Å². The first kappa shape index (κ1) is 25.3. The maximum Gasteiger partial charge on any atom is 0.264 e. The molecule has 3 rings (SSSR count). The maximum atomic E-state index is 13.6. The minimum absolute atomic E-state index is 0.141. The molecular weight excluding hydrogens is 448 g/mol. The van der Waals surface area contributed by atoms with Gasteiger partial charge in [0.15, 0.2) is 0 Å². The molecule has 0 saturated heterocycles. The van der Waals surface area contributed by atoms with E-state index in [9.17, 15) is 13.2 Å². The molecule has 0 aliphatic heterocycles. The van der Waals surface area contributed by atoms with Gasteiger partial charge in [0.05, 0.1) is 23.7 Å². The summed E-state index contributed by atoms with van der Waals surface area (Å²) in [6, 6.07) is 21.0. The van der Waals surface area contributed by atoms with Crippen molar-refractivity contribution in [2.24, 2.45) is 0 Å². The van der Waals surface area contributed by atoms with Gasteiger partial charge in [-0.1, -0.05) is 55.8 Å². The van der Waals surface area contributed by atoms with E-state index in [4.69, 9.17) is 4.74 Å². The van der Waals surface area contributed by atoms with Crippen LogP contribution in [0.15, 0.2) is 77.7 Å². The van der Waals surface area contributed by atoms with Crippen LogP contribution in [-0.4, -0.2) is 28.0 Å². The Hall–Kier alpha value is -3.32. The second kappa shape index (κ2) is 10.7. The molecular formula is C27H32N2O4S. The summed E-state index contributed by atoms with van der Waals surface area (Å²) in [5.41, 5.74) is 3.38. The number of hydrogen-bond donors (Lipinski definition) is 1. The summed E-state index contributed by atoms with van der Waals surface area (Å²) in [6.07, 6.45) is 0. The van der Waals surface area contributed by atoms with Gasteiger partial charge in [-0.25, -0.2) is 8.42 Å². The van der Waals surface area contributed by atoms with Gasteiger partial charge in [0, 0.05) is 0 Å². The van der Waals surface area contributed by atoms with E-state index in [0.29, 0.717) is 11.6 Å². The standard InChI is InChI=1S/C27H32N2O4S/c1-19(2)22-8-12-24(13-9-22)29(34(31,32)26-16-6-20(3)7-17-26)18-27(30)28-21(4)23-10-14-25(33-5)15-11-23/h6-17,19,21H,18H2,1-5H3,(H,28,30)/t21-/m0/s1. The zero-order chi connectivity index (χ0) is 24.9. The first-order valence-electron chi connectivity index (χ1n) is 11.2. The lowest BCUT2D eigenvalue weighted by Gasteiger charge is -2.25. The van der Waals surface area contributed by atoms with Crippen molar-refractivity contribution in [3.05, 3.63) is 89.5 Å². The smallest absolute Gasteiger partial charge is 0.264 e. The van der Waals surface area contributed by atoms with Crippen molar-refractivity contribution in [1.29, 1.82) is 0 Å². The molecule has 6 nitrogen and oxygen atoms in total. The van der Waals surface area contributed by atoms with Crippen molar-refractivity contribution >= 4 is 21.6 Å². The van der Waals surface area contributed by atoms with E-state index in [0.717, 1.165) is 26.7 Å². The third kappa shape index (κ3) is 5.97. The van der Waals surface area contributed by atoms with Crippen molar-refractivity contribution in [2.75, 3.05) is 18.0 Å². The molecule has 0 bridgehead atoms. The lowest BCUT2D eigenvalue weighted by molar-refractivity contribution is -0.120. The third-order valence-corrected chi connectivity index (χ3v) is 7.53. The van der Waals surface area contributed by atoms with E-state index in [1.54, 1.807) is 43.5 Å². The van der Waals surface area contributed by atoms with Gasteiger partial charge in [-0.05, 0) is 67.3 Å². The van der Waals surface area contributed by atoms with E-state index in [1.165, 1.54) is 0 Å². The highest BCUT2D eigenvalue weighted by Crippen LogP contribution is 2.26. The number of carbonyl (C=O) groups is 1. The quantitative estimate of drug-likeness (QED) is 0.457. The minimum Gasteiger partial charge on any atom is -0.497 e. The Morgan fingerprint density at radius 3 is 1.97 bits per heavy atom. The number of ether oxygens (including phenoxy) is 1. The molecule has 1 atom stereocenters. The number of anilines is 1. The minimum atomic E-state index is -3.95. The van der Waals surface area contributed by atoms with Crippen molar-refractivity contribution in [1.82, 2.24) is 5.32 Å². The summed E-state index contributed by atoms with van der Waals surface area (Å²) in [5.74, 6) is 0.638. The summed E-state index contributed by atoms with van der Waals surface area (Å²) in [5, 5.41) is 2.91. The molecule has 0 fully saturated rings. The predicted octanol–water partition coefficient (Wildman–Crippen LogP) is 5.20. The van der Waals surface area contributed by atoms with Gasteiger partial charge in [0.2, 0.25) is 5.91 Å². The van der Waals surface area contributed by atoms with Gasteiger partial charge in [0.1, 0.15) is 12.3 Å². The Labute approximate surface area is 202 Å². The number of methoxy groups -OCH3 is 1. The zero-order valence-electron chi connectivity index (χ0n) is 20.3. The van der Waals surface area contributed by atoms with E-state index >= 15 is 0 Å². The Morgan fingerprint density at radius 2 is 1.44 bits per heavy atom. The number of hydrogen-bond acceptors (Lipinski definition) is 4. The van der Waals surface area contributed by atoms with E-state index < -0.39 is 15.9 Å². The second-order valence-electron chi connectivity index (χ2n) is 8.63. The molecule has 34 heavy (non-hydrogen) atoms. The van der Waals surface area contributed by atoms with Gasteiger partial charge >= 0.3 is 0 Å². The summed E-state index contributed by atoms with van der Waals surface area (Å²) in [4.78, 5) is 13.1. The molecule has 1 N–H and O–H groups in total. The largest absolute Gasteiger partial charge is 0.497 e. The molecule has 3 aromatic carbocycles.